The van der Waals surface area contributed by atoms with Gasteiger partial charge in [0.1, 0.15) is 5.54 Å². The molecule has 1 aromatic rings. The second kappa shape index (κ2) is 9.32. The molecule has 148 valence electrons. The van der Waals surface area contributed by atoms with E-state index in [1.54, 1.807) is 12.0 Å². The summed E-state index contributed by atoms with van der Waals surface area (Å²) >= 11 is 3.69. The molecule has 0 unspecified atom stereocenters. The van der Waals surface area contributed by atoms with Gasteiger partial charge < -0.3 is 9.47 Å². The van der Waals surface area contributed by atoms with Gasteiger partial charge in [-0.2, -0.15) is 5.06 Å². The first-order valence-corrected chi connectivity index (χ1v) is 11.2. The molecule has 2 fully saturated rings. The third-order valence-corrected chi connectivity index (χ3v) is 7.77. The van der Waals surface area contributed by atoms with Gasteiger partial charge in [0, 0.05) is 17.9 Å². The van der Waals surface area contributed by atoms with E-state index in [1.807, 2.05) is 53.9 Å². The van der Waals surface area contributed by atoms with Gasteiger partial charge in [-0.15, -0.1) is 23.5 Å². The Morgan fingerprint density at radius 1 is 1.26 bits per heavy atom. The largest absolute Gasteiger partial charge is 0.467 e. The van der Waals surface area contributed by atoms with Crippen molar-refractivity contribution in [3.05, 3.63) is 35.9 Å². The molecular weight excluding hydrogens is 386 g/mol. The van der Waals surface area contributed by atoms with E-state index in [0.717, 1.165) is 17.1 Å². The first-order valence-electron chi connectivity index (χ1n) is 9.05. The number of rotatable bonds is 7. The lowest BCUT2D eigenvalue weighted by Gasteiger charge is -2.35. The van der Waals surface area contributed by atoms with Crippen LogP contribution in [0.4, 0.5) is 0 Å². The zero-order valence-corrected chi connectivity index (χ0v) is 17.2. The molecule has 8 heteroatoms. The zero-order chi connectivity index (χ0) is 19.3. The molecule has 0 aliphatic carbocycles. The fourth-order valence-corrected chi connectivity index (χ4v) is 6.46. The summed E-state index contributed by atoms with van der Waals surface area (Å²) in [6.07, 6.45) is 0.00398. The molecule has 0 aromatic heterocycles. The minimum Gasteiger partial charge on any atom is -0.467 e. The summed E-state index contributed by atoms with van der Waals surface area (Å²) in [5, 5.41) is 1.65. The number of carbonyl (C=O) groups excluding carboxylic acids is 2. The average Bonchev–Trinajstić information content (AvgIpc) is 3.31. The first-order chi connectivity index (χ1) is 13.1. The smallest absolute Gasteiger partial charge is 0.337 e. The van der Waals surface area contributed by atoms with Crippen LogP contribution in [-0.4, -0.2) is 58.4 Å². The molecule has 0 amide bonds. The molecular formula is C19H25NO5S2. The number of esters is 2. The Morgan fingerprint density at radius 3 is 2.59 bits per heavy atom. The molecule has 2 aliphatic heterocycles. The highest BCUT2D eigenvalue weighted by Crippen LogP contribution is 2.45. The lowest BCUT2D eigenvalue weighted by molar-refractivity contribution is -0.215. The standard InChI is InChI=1S/C19H25NO5S2/c1-3-24-18(22)19(12-16-26-9-10-27-16)11-15(17(21)23-2)25-20(19)13-14-7-5-4-6-8-14/h4-8,15-16H,3,9-13H2,1-2H3/t15-,19+/m1/s1. The average molecular weight is 412 g/mol. The SMILES string of the molecule is CCOC(=O)[C@@]1(CC2SCCS2)C[C@H](C(=O)OC)ON1Cc1ccccc1. The Kier molecular flexibility index (Phi) is 7.08. The third kappa shape index (κ3) is 4.62. The summed E-state index contributed by atoms with van der Waals surface area (Å²) in [6.45, 7) is 2.47. The van der Waals surface area contributed by atoms with Gasteiger partial charge in [-0.3, -0.25) is 4.84 Å². The van der Waals surface area contributed by atoms with E-state index in [2.05, 4.69) is 0 Å². The predicted octanol–water partition coefficient (Wildman–Crippen LogP) is 2.86. The van der Waals surface area contributed by atoms with E-state index in [-0.39, 0.29) is 23.6 Å². The van der Waals surface area contributed by atoms with E-state index in [4.69, 9.17) is 14.3 Å². The van der Waals surface area contributed by atoms with Crippen molar-refractivity contribution in [3.63, 3.8) is 0 Å². The van der Waals surface area contributed by atoms with E-state index in [9.17, 15) is 9.59 Å². The molecule has 2 aliphatic rings. The van der Waals surface area contributed by atoms with Gasteiger partial charge in [-0.25, -0.2) is 9.59 Å². The Hall–Kier alpha value is -1.22. The van der Waals surface area contributed by atoms with Gasteiger partial charge in [-0.05, 0) is 18.9 Å². The van der Waals surface area contributed by atoms with Crippen LogP contribution in [0.3, 0.4) is 0 Å². The summed E-state index contributed by atoms with van der Waals surface area (Å²) < 4.78 is 10.6. The third-order valence-electron chi connectivity index (χ3n) is 4.74. The lowest BCUT2D eigenvalue weighted by Crippen LogP contribution is -2.51. The van der Waals surface area contributed by atoms with Crippen molar-refractivity contribution in [2.45, 2.75) is 42.5 Å². The second-order valence-electron chi connectivity index (χ2n) is 6.47. The van der Waals surface area contributed by atoms with Gasteiger partial charge >= 0.3 is 11.9 Å². The molecule has 2 atom stereocenters. The van der Waals surface area contributed by atoms with Gasteiger partial charge in [0.25, 0.3) is 0 Å². The van der Waals surface area contributed by atoms with Crippen molar-refractivity contribution in [1.82, 2.24) is 5.06 Å². The Bertz CT molecular complexity index is 653. The van der Waals surface area contributed by atoms with Crippen LogP contribution in [0, 0.1) is 0 Å². The number of thioether (sulfide) groups is 2. The van der Waals surface area contributed by atoms with Crippen LogP contribution < -0.4 is 0 Å². The highest BCUT2D eigenvalue weighted by atomic mass is 32.2. The Labute approximate surface area is 168 Å². The van der Waals surface area contributed by atoms with Crippen LogP contribution in [0.2, 0.25) is 0 Å². The number of benzene rings is 1. The Balaban J connectivity index is 1.92. The molecule has 1 aromatic carbocycles. The molecule has 6 nitrogen and oxygen atoms in total. The molecule has 3 rings (SSSR count). The normalized spacial score (nSPS) is 26.2. The van der Waals surface area contributed by atoms with E-state index < -0.39 is 17.6 Å². The fraction of sp³-hybridized carbons (Fsp3) is 0.579. The van der Waals surface area contributed by atoms with E-state index >= 15 is 0 Å². The maximum absolute atomic E-state index is 13.1. The highest BCUT2D eigenvalue weighted by Gasteiger charge is 2.57. The number of ether oxygens (including phenoxy) is 2. The van der Waals surface area contributed by atoms with Crippen LogP contribution in [0.15, 0.2) is 30.3 Å². The fourth-order valence-electron chi connectivity index (χ4n) is 3.42. The van der Waals surface area contributed by atoms with Crippen molar-refractivity contribution in [2.24, 2.45) is 0 Å². The quantitative estimate of drug-likeness (QED) is 0.635. The summed E-state index contributed by atoms with van der Waals surface area (Å²) in [6, 6.07) is 9.78. The van der Waals surface area contributed by atoms with E-state index in [1.165, 1.54) is 7.11 Å². The number of carbonyl (C=O) groups is 2. The summed E-state index contributed by atoms with van der Waals surface area (Å²) in [4.78, 5) is 31.2. The van der Waals surface area contributed by atoms with Gasteiger partial charge in [0.05, 0.1) is 24.8 Å². The molecule has 0 saturated carbocycles. The van der Waals surface area contributed by atoms with Crippen molar-refractivity contribution < 1.29 is 23.9 Å². The van der Waals surface area contributed by atoms with Crippen molar-refractivity contribution in [1.29, 1.82) is 0 Å². The van der Waals surface area contributed by atoms with Crippen LogP contribution in [0.5, 0.6) is 0 Å². The van der Waals surface area contributed by atoms with Crippen LogP contribution in [0.1, 0.15) is 25.3 Å². The minimum absolute atomic E-state index is 0.239. The number of hydroxylamine groups is 2. The van der Waals surface area contributed by atoms with Crippen molar-refractivity contribution >= 4 is 35.5 Å². The summed E-state index contributed by atoms with van der Waals surface area (Å²) in [7, 11) is 1.33. The molecule has 2 saturated heterocycles. The minimum atomic E-state index is -1.00. The van der Waals surface area contributed by atoms with Crippen molar-refractivity contribution in [3.8, 4) is 0 Å². The van der Waals surface area contributed by atoms with Crippen molar-refractivity contribution in [2.75, 3.05) is 25.2 Å². The maximum Gasteiger partial charge on any atom is 0.337 e. The van der Waals surface area contributed by atoms with E-state index in [0.29, 0.717) is 13.0 Å². The topological polar surface area (TPSA) is 65.1 Å². The van der Waals surface area contributed by atoms with Gasteiger partial charge in [0.2, 0.25) is 0 Å². The first kappa shape index (κ1) is 20.5. The maximum atomic E-state index is 13.1. The highest BCUT2D eigenvalue weighted by molar-refractivity contribution is 8.20. The summed E-state index contributed by atoms with van der Waals surface area (Å²) in [5.74, 6) is 1.33. The number of hydrogen-bond acceptors (Lipinski definition) is 8. The van der Waals surface area contributed by atoms with Crippen LogP contribution >= 0.6 is 23.5 Å². The molecule has 0 spiro atoms. The molecule has 2 heterocycles. The number of nitrogens with zero attached hydrogens (tertiary/aromatic N) is 1. The van der Waals surface area contributed by atoms with Gasteiger partial charge in [0.15, 0.2) is 6.10 Å². The molecule has 0 bridgehead atoms. The second-order valence-corrected chi connectivity index (χ2v) is 9.39. The lowest BCUT2D eigenvalue weighted by atomic mass is 9.89. The number of methoxy groups -OCH3 is 1. The molecule has 27 heavy (non-hydrogen) atoms. The van der Waals surface area contributed by atoms with Gasteiger partial charge in [-0.1, -0.05) is 30.3 Å². The van der Waals surface area contributed by atoms with Crippen LogP contribution in [0.25, 0.3) is 0 Å². The Morgan fingerprint density at radius 2 is 1.96 bits per heavy atom. The molecule has 0 radical (unpaired) electrons. The summed E-state index contributed by atoms with van der Waals surface area (Å²) in [5.41, 5.74) is 0.00288. The zero-order valence-electron chi connectivity index (χ0n) is 15.6. The predicted molar refractivity (Wildman–Crippen MR) is 106 cm³/mol. The van der Waals surface area contributed by atoms with Crippen LogP contribution in [-0.2, 0) is 30.4 Å². The molecule has 0 N–H and O–H groups in total. The number of hydrogen-bond donors (Lipinski definition) is 0. The monoisotopic (exact) mass is 411 g/mol.